The summed E-state index contributed by atoms with van der Waals surface area (Å²) in [5.74, 6) is 1.59. The zero-order valence-electron chi connectivity index (χ0n) is 14.2. The summed E-state index contributed by atoms with van der Waals surface area (Å²) < 4.78 is 5.30. The Hall–Kier alpha value is -1.10. The molecule has 1 aromatic carbocycles. The Kier molecular flexibility index (Phi) is 6.68. The maximum Gasteiger partial charge on any atom is 0.119 e. The third-order valence-electron chi connectivity index (χ3n) is 4.29. The molecule has 0 amide bonds. The molecule has 1 aliphatic rings. The third-order valence-corrected chi connectivity index (χ3v) is 4.29. The number of aliphatic hydroxyl groups excluding tert-OH is 1. The Morgan fingerprint density at radius 3 is 2.82 bits per heavy atom. The maximum absolute atomic E-state index is 9.35. The molecule has 0 unspecified atom stereocenters. The molecule has 2 rings (SSSR count). The van der Waals surface area contributed by atoms with Gasteiger partial charge in [-0.25, -0.2) is 0 Å². The number of rotatable bonds is 7. The molecular formula is C18H30N2O2. The second kappa shape index (κ2) is 8.51. The molecule has 0 aliphatic carbocycles. The summed E-state index contributed by atoms with van der Waals surface area (Å²) in [6.07, 6.45) is 0.862. The molecule has 1 N–H and O–H groups in total. The molecular weight excluding hydrogens is 276 g/mol. The van der Waals surface area contributed by atoms with Gasteiger partial charge in [0.1, 0.15) is 5.75 Å². The van der Waals surface area contributed by atoms with Gasteiger partial charge in [-0.1, -0.05) is 26.0 Å². The lowest BCUT2D eigenvalue weighted by Gasteiger charge is -2.42. The Balaban J connectivity index is 1.95. The number of ether oxygens (including phenoxy) is 1. The van der Waals surface area contributed by atoms with Crippen LogP contribution in [0.1, 0.15) is 25.8 Å². The highest BCUT2D eigenvalue weighted by Crippen LogP contribution is 2.19. The molecule has 4 nitrogen and oxygen atoms in total. The van der Waals surface area contributed by atoms with E-state index < -0.39 is 0 Å². The van der Waals surface area contributed by atoms with Crippen LogP contribution in [0.5, 0.6) is 5.75 Å². The average Bonchev–Trinajstić information content (AvgIpc) is 2.50. The van der Waals surface area contributed by atoms with E-state index in [-0.39, 0.29) is 6.61 Å². The number of piperazine rings is 1. The summed E-state index contributed by atoms with van der Waals surface area (Å²) in [5.41, 5.74) is 1.29. The van der Waals surface area contributed by atoms with Crippen LogP contribution in [0.3, 0.4) is 0 Å². The van der Waals surface area contributed by atoms with Crippen molar-refractivity contribution in [3.8, 4) is 5.75 Å². The van der Waals surface area contributed by atoms with E-state index in [1.54, 1.807) is 7.11 Å². The first-order chi connectivity index (χ1) is 10.6. The number of hydrogen-bond acceptors (Lipinski definition) is 4. The molecule has 0 bridgehead atoms. The average molecular weight is 306 g/mol. The maximum atomic E-state index is 9.35. The molecule has 1 heterocycles. The van der Waals surface area contributed by atoms with Crippen molar-refractivity contribution in [1.29, 1.82) is 0 Å². The topological polar surface area (TPSA) is 35.9 Å². The van der Waals surface area contributed by atoms with Crippen LogP contribution < -0.4 is 4.74 Å². The predicted octanol–water partition coefficient (Wildman–Crippen LogP) is 2.22. The number of aliphatic hydroxyl groups is 1. The smallest absolute Gasteiger partial charge is 0.119 e. The molecule has 0 radical (unpaired) electrons. The van der Waals surface area contributed by atoms with Crippen LogP contribution in [0.25, 0.3) is 0 Å². The van der Waals surface area contributed by atoms with E-state index in [4.69, 9.17) is 4.74 Å². The molecule has 1 saturated heterocycles. The van der Waals surface area contributed by atoms with Gasteiger partial charge in [-0.2, -0.15) is 0 Å². The standard InChI is InChI=1S/C18H30N2O2/c1-15(2)12-20-9-8-19(14-17(20)7-10-21)13-16-5-4-6-18(11-16)22-3/h4-6,11,15,17,21H,7-10,12-14H2,1-3H3/t17-/m0/s1. The van der Waals surface area contributed by atoms with Crippen molar-refractivity contribution in [2.45, 2.75) is 32.9 Å². The molecule has 0 saturated carbocycles. The zero-order valence-corrected chi connectivity index (χ0v) is 14.2. The van der Waals surface area contributed by atoms with E-state index in [9.17, 15) is 5.11 Å². The van der Waals surface area contributed by atoms with E-state index >= 15 is 0 Å². The molecule has 0 aromatic heterocycles. The van der Waals surface area contributed by atoms with Gasteiger partial charge in [0, 0.05) is 45.4 Å². The van der Waals surface area contributed by atoms with Gasteiger partial charge in [0.25, 0.3) is 0 Å². The Bertz CT molecular complexity index is 450. The predicted molar refractivity (Wildman–Crippen MR) is 90.2 cm³/mol. The van der Waals surface area contributed by atoms with Crippen LogP contribution in [-0.4, -0.2) is 60.8 Å². The second-order valence-electron chi connectivity index (χ2n) is 6.64. The lowest BCUT2D eigenvalue weighted by atomic mass is 10.1. The van der Waals surface area contributed by atoms with Crippen LogP contribution in [0.4, 0.5) is 0 Å². The molecule has 1 aliphatic heterocycles. The minimum absolute atomic E-state index is 0.270. The van der Waals surface area contributed by atoms with Crippen LogP contribution in [-0.2, 0) is 6.54 Å². The van der Waals surface area contributed by atoms with Gasteiger partial charge in [-0.15, -0.1) is 0 Å². The van der Waals surface area contributed by atoms with Crippen molar-refractivity contribution in [3.05, 3.63) is 29.8 Å². The highest BCUT2D eigenvalue weighted by Gasteiger charge is 2.26. The fraction of sp³-hybridized carbons (Fsp3) is 0.667. The summed E-state index contributed by atoms with van der Waals surface area (Å²) in [7, 11) is 1.71. The summed E-state index contributed by atoms with van der Waals surface area (Å²) in [6, 6.07) is 8.77. The minimum Gasteiger partial charge on any atom is -0.497 e. The van der Waals surface area contributed by atoms with E-state index in [0.717, 1.165) is 44.9 Å². The summed E-state index contributed by atoms with van der Waals surface area (Å²) in [4.78, 5) is 5.04. The molecule has 4 heteroatoms. The van der Waals surface area contributed by atoms with Crippen molar-refractivity contribution in [3.63, 3.8) is 0 Å². The molecule has 0 spiro atoms. The van der Waals surface area contributed by atoms with Gasteiger partial charge in [-0.3, -0.25) is 9.80 Å². The van der Waals surface area contributed by atoms with Crippen LogP contribution >= 0.6 is 0 Å². The van der Waals surface area contributed by atoms with E-state index in [0.29, 0.717) is 12.0 Å². The fourth-order valence-electron chi connectivity index (χ4n) is 3.26. The van der Waals surface area contributed by atoms with Crippen molar-refractivity contribution < 1.29 is 9.84 Å². The van der Waals surface area contributed by atoms with Crippen molar-refractivity contribution in [2.24, 2.45) is 5.92 Å². The minimum atomic E-state index is 0.270. The van der Waals surface area contributed by atoms with Gasteiger partial charge >= 0.3 is 0 Å². The SMILES string of the molecule is COc1cccc(CN2CCN(CC(C)C)[C@@H](CCO)C2)c1. The van der Waals surface area contributed by atoms with E-state index in [1.807, 2.05) is 12.1 Å². The lowest BCUT2D eigenvalue weighted by molar-refractivity contribution is 0.0476. The molecule has 1 fully saturated rings. The first-order valence-electron chi connectivity index (χ1n) is 8.32. The fourth-order valence-corrected chi connectivity index (χ4v) is 3.26. The normalized spacial score (nSPS) is 20.5. The van der Waals surface area contributed by atoms with Gasteiger partial charge in [0.15, 0.2) is 0 Å². The van der Waals surface area contributed by atoms with E-state index in [1.165, 1.54) is 5.56 Å². The van der Waals surface area contributed by atoms with Crippen molar-refractivity contribution in [2.75, 3.05) is 39.9 Å². The second-order valence-corrected chi connectivity index (χ2v) is 6.64. The summed E-state index contributed by atoms with van der Waals surface area (Å²) in [5, 5.41) is 9.35. The Morgan fingerprint density at radius 2 is 2.14 bits per heavy atom. The first kappa shape index (κ1) is 17.3. The van der Waals surface area contributed by atoms with Gasteiger partial charge in [-0.05, 0) is 30.0 Å². The highest BCUT2D eigenvalue weighted by molar-refractivity contribution is 5.28. The number of methoxy groups -OCH3 is 1. The molecule has 1 aromatic rings. The molecule has 1 atom stereocenters. The zero-order chi connectivity index (χ0) is 15.9. The van der Waals surface area contributed by atoms with Gasteiger partial charge in [0.2, 0.25) is 0 Å². The lowest BCUT2D eigenvalue weighted by Crippen LogP contribution is -2.53. The van der Waals surface area contributed by atoms with Gasteiger partial charge < -0.3 is 9.84 Å². The summed E-state index contributed by atoms with van der Waals surface area (Å²) >= 11 is 0. The molecule has 22 heavy (non-hydrogen) atoms. The quantitative estimate of drug-likeness (QED) is 0.838. The monoisotopic (exact) mass is 306 g/mol. The van der Waals surface area contributed by atoms with Gasteiger partial charge in [0.05, 0.1) is 7.11 Å². The Morgan fingerprint density at radius 1 is 1.32 bits per heavy atom. The number of nitrogens with zero attached hydrogens (tertiary/aromatic N) is 2. The highest BCUT2D eigenvalue weighted by atomic mass is 16.5. The van der Waals surface area contributed by atoms with Crippen LogP contribution in [0.15, 0.2) is 24.3 Å². The number of benzene rings is 1. The Labute approximate surface area is 134 Å². The van der Waals surface area contributed by atoms with Crippen LogP contribution in [0.2, 0.25) is 0 Å². The third kappa shape index (κ3) is 4.97. The van der Waals surface area contributed by atoms with E-state index in [2.05, 4.69) is 35.8 Å². The van der Waals surface area contributed by atoms with Crippen molar-refractivity contribution >= 4 is 0 Å². The first-order valence-corrected chi connectivity index (χ1v) is 8.32. The molecule has 124 valence electrons. The largest absolute Gasteiger partial charge is 0.497 e. The van der Waals surface area contributed by atoms with Crippen molar-refractivity contribution in [1.82, 2.24) is 9.80 Å². The van der Waals surface area contributed by atoms with Crippen LogP contribution in [0, 0.1) is 5.92 Å². The summed E-state index contributed by atoms with van der Waals surface area (Å²) in [6.45, 7) is 10.1. The number of hydrogen-bond donors (Lipinski definition) is 1.